The molecule has 0 saturated heterocycles. The van der Waals surface area contributed by atoms with Gasteiger partial charge in [0, 0.05) is 20.8 Å². The fourth-order valence-corrected chi connectivity index (χ4v) is 0.996. The van der Waals surface area contributed by atoms with E-state index in [2.05, 4.69) is 10.1 Å². The van der Waals surface area contributed by atoms with Gasteiger partial charge in [-0.15, -0.1) is 0 Å². The first-order chi connectivity index (χ1) is 7.52. The third-order valence-corrected chi connectivity index (χ3v) is 1.92. The van der Waals surface area contributed by atoms with Crippen molar-refractivity contribution in [2.24, 2.45) is 5.73 Å². The lowest BCUT2D eigenvalue weighted by molar-refractivity contribution is -0.143. The highest BCUT2D eigenvalue weighted by Gasteiger charge is 2.22. The third kappa shape index (κ3) is 5.64. The number of carboxylic acid groups (broad SMARTS) is 1. The molecule has 0 aromatic rings. The molecule has 0 bridgehead atoms. The van der Waals surface area contributed by atoms with Gasteiger partial charge in [0.2, 0.25) is 5.91 Å². The molecule has 4 N–H and O–H groups in total. The van der Waals surface area contributed by atoms with E-state index >= 15 is 0 Å². The average Bonchev–Trinajstić information content (AvgIpc) is 2.24. The number of hydrogen-bond acceptors (Lipinski definition) is 5. The van der Waals surface area contributed by atoms with E-state index in [0.717, 1.165) is 0 Å². The van der Waals surface area contributed by atoms with Crippen LogP contribution in [0.2, 0.25) is 0 Å². The van der Waals surface area contributed by atoms with Crippen molar-refractivity contribution in [2.75, 3.05) is 27.4 Å². The van der Waals surface area contributed by atoms with Crippen LogP contribution in [0.3, 0.4) is 0 Å². The second-order valence-electron chi connectivity index (χ2n) is 3.24. The van der Waals surface area contributed by atoms with E-state index < -0.39 is 24.0 Å². The standard InChI is InChI=1S/C9H18N2O5/c1-15-4-3-6(10)8(12)11-7(5-16-2)9(13)14/h6-7H,3-5,10H2,1-2H3,(H,11,12)(H,13,14). The molecule has 0 rings (SSSR count). The zero-order chi connectivity index (χ0) is 12.6. The van der Waals surface area contributed by atoms with Crippen LogP contribution >= 0.6 is 0 Å². The molecule has 0 aliphatic rings. The molecule has 0 aromatic heterocycles. The first-order valence-electron chi connectivity index (χ1n) is 4.79. The zero-order valence-corrected chi connectivity index (χ0v) is 9.43. The minimum absolute atomic E-state index is 0.0991. The highest BCUT2D eigenvalue weighted by molar-refractivity contribution is 5.86. The molecule has 7 heteroatoms. The summed E-state index contributed by atoms with van der Waals surface area (Å²) < 4.78 is 9.43. The maximum atomic E-state index is 11.4. The minimum Gasteiger partial charge on any atom is -0.480 e. The molecule has 0 fully saturated rings. The summed E-state index contributed by atoms with van der Waals surface area (Å²) >= 11 is 0. The van der Waals surface area contributed by atoms with Gasteiger partial charge < -0.3 is 25.6 Å². The Balaban J connectivity index is 4.12. The Hall–Kier alpha value is -1.18. The Morgan fingerprint density at radius 3 is 2.44 bits per heavy atom. The predicted octanol–water partition coefficient (Wildman–Crippen LogP) is -1.43. The molecule has 0 saturated carbocycles. The lowest BCUT2D eigenvalue weighted by Gasteiger charge is -2.16. The van der Waals surface area contributed by atoms with Crippen LogP contribution in [0.4, 0.5) is 0 Å². The van der Waals surface area contributed by atoms with Crippen LogP contribution in [-0.2, 0) is 19.1 Å². The molecule has 16 heavy (non-hydrogen) atoms. The predicted molar refractivity (Wildman–Crippen MR) is 55.9 cm³/mol. The van der Waals surface area contributed by atoms with Crippen molar-refractivity contribution in [3.63, 3.8) is 0 Å². The number of amides is 1. The summed E-state index contributed by atoms with van der Waals surface area (Å²) in [5, 5.41) is 11.0. The Bertz CT molecular complexity index is 234. The maximum absolute atomic E-state index is 11.4. The van der Waals surface area contributed by atoms with Gasteiger partial charge in [-0.2, -0.15) is 0 Å². The van der Waals surface area contributed by atoms with Crippen molar-refractivity contribution in [3.05, 3.63) is 0 Å². The van der Waals surface area contributed by atoms with Crippen LogP contribution < -0.4 is 11.1 Å². The van der Waals surface area contributed by atoms with E-state index in [1.807, 2.05) is 0 Å². The van der Waals surface area contributed by atoms with Gasteiger partial charge in [-0.3, -0.25) is 4.79 Å². The molecular formula is C9H18N2O5. The van der Waals surface area contributed by atoms with Gasteiger partial charge >= 0.3 is 5.97 Å². The lowest BCUT2D eigenvalue weighted by atomic mass is 10.2. The molecule has 0 heterocycles. The summed E-state index contributed by atoms with van der Waals surface area (Å²) in [5.41, 5.74) is 5.52. The van der Waals surface area contributed by atoms with Gasteiger partial charge in [0.25, 0.3) is 0 Å². The normalized spacial score (nSPS) is 14.2. The summed E-state index contributed by atoms with van der Waals surface area (Å²) in [5.74, 6) is -1.68. The van der Waals surface area contributed by atoms with Gasteiger partial charge in [0.05, 0.1) is 12.6 Å². The molecule has 0 aliphatic heterocycles. The molecule has 2 unspecified atom stereocenters. The Labute approximate surface area is 93.9 Å². The molecule has 2 atom stereocenters. The van der Waals surface area contributed by atoms with Gasteiger partial charge in [0.1, 0.15) is 0 Å². The van der Waals surface area contributed by atoms with E-state index in [4.69, 9.17) is 15.6 Å². The SMILES string of the molecule is COCCC(N)C(=O)NC(COC)C(=O)O. The topological polar surface area (TPSA) is 111 Å². The van der Waals surface area contributed by atoms with Gasteiger partial charge in [-0.25, -0.2) is 4.79 Å². The summed E-state index contributed by atoms with van der Waals surface area (Å²) in [7, 11) is 2.85. The Kier molecular flexibility index (Phi) is 7.44. The Morgan fingerprint density at radius 2 is 2.00 bits per heavy atom. The van der Waals surface area contributed by atoms with Crippen molar-refractivity contribution < 1.29 is 24.2 Å². The molecule has 0 radical (unpaired) electrons. The number of carbonyl (C=O) groups is 2. The highest BCUT2D eigenvalue weighted by Crippen LogP contribution is 1.92. The second kappa shape index (κ2) is 8.03. The molecular weight excluding hydrogens is 216 g/mol. The number of methoxy groups -OCH3 is 2. The van der Waals surface area contributed by atoms with Crippen LogP contribution in [-0.4, -0.2) is 56.5 Å². The van der Waals surface area contributed by atoms with E-state index in [0.29, 0.717) is 13.0 Å². The largest absolute Gasteiger partial charge is 0.480 e. The van der Waals surface area contributed by atoms with E-state index in [9.17, 15) is 9.59 Å². The van der Waals surface area contributed by atoms with Crippen molar-refractivity contribution in [3.8, 4) is 0 Å². The zero-order valence-electron chi connectivity index (χ0n) is 9.43. The highest BCUT2D eigenvalue weighted by atomic mass is 16.5. The summed E-state index contributed by atoms with van der Waals surface area (Å²) in [4.78, 5) is 22.1. The number of rotatable bonds is 8. The fourth-order valence-electron chi connectivity index (χ4n) is 0.996. The van der Waals surface area contributed by atoms with Crippen LogP contribution in [0.15, 0.2) is 0 Å². The average molecular weight is 234 g/mol. The molecule has 7 nitrogen and oxygen atoms in total. The van der Waals surface area contributed by atoms with E-state index in [1.54, 1.807) is 0 Å². The van der Waals surface area contributed by atoms with Gasteiger partial charge in [-0.05, 0) is 6.42 Å². The van der Waals surface area contributed by atoms with Crippen molar-refractivity contribution >= 4 is 11.9 Å². The summed E-state index contributed by atoms with van der Waals surface area (Å²) in [6, 6.07) is -1.86. The number of carbonyl (C=O) groups excluding carboxylic acids is 1. The lowest BCUT2D eigenvalue weighted by Crippen LogP contribution is -2.50. The first kappa shape index (κ1) is 14.8. The molecule has 0 spiro atoms. The number of ether oxygens (including phenoxy) is 2. The van der Waals surface area contributed by atoms with Crippen molar-refractivity contribution in [1.82, 2.24) is 5.32 Å². The van der Waals surface area contributed by atoms with Crippen LogP contribution in [0.1, 0.15) is 6.42 Å². The van der Waals surface area contributed by atoms with Gasteiger partial charge in [0.15, 0.2) is 6.04 Å². The van der Waals surface area contributed by atoms with Gasteiger partial charge in [-0.1, -0.05) is 0 Å². The first-order valence-corrected chi connectivity index (χ1v) is 4.79. The second-order valence-corrected chi connectivity index (χ2v) is 3.24. The summed E-state index contributed by atoms with van der Waals surface area (Å²) in [6.07, 6.45) is 0.335. The smallest absolute Gasteiger partial charge is 0.328 e. The van der Waals surface area contributed by atoms with Crippen LogP contribution in [0, 0.1) is 0 Å². The fraction of sp³-hybridized carbons (Fsp3) is 0.778. The number of aliphatic carboxylic acids is 1. The summed E-state index contributed by atoms with van der Waals surface area (Å²) in [6.45, 7) is 0.245. The minimum atomic E-state index is -1.16. The van der Waals surface area contributed by atoms with Crippen molar-refractivity contribution in [1.29, 1.82) is 0 Å². The van der Waals surface area contributed by atoms with E-state index in [-0.39, 0.29) is 6.61 Å². The van der Waals surface area contributed by atoms with Crippen molar-refractivity contribution in [2.45, 2.75) is 18.5 Å². The quantitative estimate of drug-likeness (QED) is 0.474. The molecule has 1 amide bonds. The molecule has 0 aromatic carbocycles. The number of nitrogens with two attached hydrogens (primary N) is 1. The molecule has 0 aliphatic carbocycles. The van der Waals surface area contributed by atoms with E-state index in [1.165, 1.54) is 14.2 Å². The van der Waals surface area contributed by atoms with Crippen LogP contribution in [0.5, 0.6) is 0 Å². The maximum Gasteiger partial charge on any atom is 0.328 e. The monoisotopic (exact) mass is 234 g/mol. The number of hydrogen-bond donors (Lipinski definition) is 3. The number of nitrogens with one attached hydrogen (secondary N) is 1. The van der Waals surface area contributed by atoms with Crippen LogP contribution in [0.25, 0.3) is 0 Å². The molecule has 94 valence electrons. The number of carboxylic acids is 1. The third-order valence-electron chi connectivity index (χ3n) is 1.92. The Morgan fingerprint density at radius 1 is 1.38 bits per heavy atom.